The second-order valence-electron chi connectivity index (χ2n) is 7.45. The van der Waals surface area contributed by atoms with Gasteiger partial charge < -0.3 is 14.7 Å². The zero-order chi connectivity index (χ0) is 17.9. The van der Waals surface area contributed by atoms with Gasteiger partial charge in [0, 0.05) is 30.9 Å². The molecule has 2 aromatic heterocycles. The number of hydrogen-bond acceptors (Lipinski definition) is 6. The van der Waals surface area contributed by atoms with Gasteiger partial charge in [0.05, 0.1) is 0 Å². The highest BCUT2D eigenvalue weighted by atomic mass is 16.5. The van der Waals surface area contributed by atoms with E-state index >= 15 is 0 Å². The van der Waals surface area contributed by atoms with E-state index in [4.69, 9.17) is 4.52 Å². The number of carbonyl (C=O) groups excluding carboxylic acids is 1. The molecule has 0 spiro atoms. The highest BCUT2D eigenvalue weighted by Gasteiger charge is 2.23. The summed E-state index contributed by atoms with van der Waals surface area (Å²) in [6, 6.07) is 4.05. The van der Waals surface area contributed by atoms with Crippen molar-refractivity contribution in [3.8, 4) is 11.4 Å². The van der Waals surface area contributed by atoms with E-state index in [1.807, 2.05) is 12.1 Å². The Morgan fingerprint density at radius 2 is 2.00 bits per heavy atom. The number of hydrogen-bond donors (Lipinski definition) is 1. The van der Waals surface area contributed by atoms with E-state index in [9.17, 15) is 4.79 Å². The van der Waals surface area contributed by atoms with Gasteiger partial charge in [0.1, 0.15) is 5.82 Å². The average molecular weight is 355 g/mol. The second-order valence-corrected chi connectivity index (χ2v) is 7.45. The van der Waals surface area contributed by atoms with Crippen LogP contribution in [0.25, 0.3) is 11.4 Å². The van der Waals surface area contributed by atoms with Crippen LogP contribution < -0.4 is 10.2 Å². The normalized spacial score (nSPS) is 19.0. The number of anilines is 1. The number of nitrogens with zero attached hydrogens (tertiary/aromatic N) is 4. The number of rotatable bonds is 4. The number of pyridine rings is 1. The summed E-state index contributed by atoms with van der Waals surface area (Å²) in [7, 11) is 0. The largest absolute Gasteiger partial charge is 0.357 e. The molecule has 0 unspecified atom stereocenters. The van der Waals surface area contributed by atoms with Gasteiger partial charge in [0.25, 0.3) is 0 Å². The Kier molecular flexibility index (Phi) is 4.86. The summed E-state index contributed by atoms with van der Waals surface area (Å²) in [6.45, 7) is 4.32. The molecule has 2 aliphatic rings. The van der Waals surface area contributed by atoms with Gasteiger partial charge in [0.2, 0.25) is 5.82 Å². The van der Waals surface area contributed by atoms with E-state index in [1.54, 1.807) is 6.20 Å². The van der Waals surface area contributed by atoms with Gasteiger partial charge in [0.15, 0.2) is 0 Å². The zero-order valence-corrected chi connectivity index (χ0v) is 15.1. The fraction of sp³-hybridized carbons (Fsp3) is 0.579. The molecule has 2 aromatic rings. The van der Waals surface area contributed by atoms with Crippen molar-refractivity contribution in [2.45, 2.75) is 51.5 Å². The highest BCUT2D eigenvalue weighted by molar-refractivity contribution is 5.90. The van der Waals surface area contributed by atoms with Crippen molar-refractivity contribution < 1.29 is 9.32 Å². The molecule has 3 heterocycles. The third-order valence-electron chi connectivity index (χ3n) is 5.42. The predicted molar refractivity (Wildman–Crippen MR) is 97.9 cm³/mol. The van der Waals surface area contributed by atoms with E-state index in [0.717, 1.165) is 56.1 Å². The van der Waals surface area contributed by atoms with Gasteiger partial charge in [-0.05, 0) is 43.7 Å². The first-order valence-corrected chi connectivity index (χ1v) is 9.55. The summed E-state index contributed by atoms with van der Waals surface area (Å²) in [6.07, 6.45) is 8.49. The molecule has 7 heteroatoms. The van der Waals surface area contributed by atoms with Crippen LogP contribution in [0.3, 0.4) is 0 Å². The molecular formula is C19H25N5O2. The molecule has 0 bridgehead atoms. The van der Waals surface area contributed by atoms with Crippen molar-refractivity contribution in [2.24, 2.45) is 5.92 Å². The Morgan fingerprint density at radius 1 is 1.23 bits per heavy atom. The average Bonchev–Trinajstić information content (AvgIpc) is 3.34. The predicted octanol–water partition coefficient (Wildman–Crippen LogP) is 3.04. The lowest BCUT2D eigenvalue weighted by Crippen LogP contribution is -2.33. The summed E-state index contributed by atoms with van der Waals surface area (Å²) < 4.78 is 5.18. The van der Waals surface area contributed by atoms with E-state index in [0.29, 0.717) is 5.82 Å². The van der Waals surface area contributed by atoms with Crippen LogP contribution in [-0.4, -0.2) is 40.2 Å². The number of carbonyl (C=O) groups is 1. The molecule has 7 nitrogen and oxygen atoms in total. The zero-order valence-electron chi connectivity index (χ0n) is 15.1. The Morgan fingerprint density at radius 3 is 2.77 bits per heavy atom. The molecule has 4 rings (SSSR count). The molecular weight excluding hydrogens is 330 g/mol. The molecule has 0 radical (unpaired) electrons. The number of amides is 1. The minimum absolute atomic E-state index is 0.0251. The standard InChI is InChI=1S/C19H25N5O2/c1-13-7-10-24(11-8-13)16-12-14(6-9-20-16)17-22-19(26-23-17)18(25)21-15-4-2-3-5-15/h6,9,12-13,15H,2-5,7-8,10-11H2,1H3,(H,21,25). The number of piperidine rings is 1. The Balaban J connectivity index is 1.47. The van der Waals surface area contributed by atoms with Crippen molar-refractivity contribution >= 4 is 11.7 Å². The number of aromatic nitrogens is 3. The summed E-state index contributed by atoms with van der Waals surface area (Å²) in [5.74, 6) is 1.87. The third-order valence-corrected chi connectivity index (χ3v) is 5.42. The van der Waals surface area contributed by atoms with Crippen LogP contribution in [0, 0.1) is 5.92 Å². The topological polar surface area (TPSA) is 84.2 Å². The van der Waals surface area contributed by atoms with Crippen LogP contribution in [0.1, 0.15) is 56.1 Å². The maximum Gasteiger partial charge on any atom is 0.316 e. The van der Waals surface area contributed by atoms with Gasteiger partial charge in [-0.15, -0.1) is 0 Å². The first kappa shape index (κ1) is 17.0. The Bertz CT molecular complexity index is 761. The van der Waals surface area contributed by atoms with E-state index < -0.39 is 0 Å². The van der Waals surface area contributed by atoms with Crippen molar-refractivity contribution in [2.75, 3.05) is 18.0 Å². The molecule has 1 aliphatic heterocycles. The molecule has 138 valence electrons. The first-order chi connectivity index (χ1) is 12.7. The van der Waals surface area contributed by atoms with Crippen molar-refractivity contribution in [3.05, 3.63) is 24.2 Å². The molecule has 1 N–H and O–H groups in total. The quantitative estimate of drug-likeness (QED) is 0.907. The molecule has 26 heavy (non-hydrogen) atoms. The molecule has 1 aliphatic carbocycles. The van der Waals surface area contributed by atoms with Gasteiger partial charge in [-0.2, -0.15) is 4.98 Å². The minimum Gasteiger partial charge on any atom is -0.357 e. The van der Waals surface area contributed by atoms with Crippen LogP contribution in [0.2, 0.25) is 0 Å². The summed E-state index contributed by atoms with van der Waals surface area (Å²) in [5.41, 5.74) is 0.817. The monoisotopic (exact) mass is 355 g/mol. The SMILES string of the molecule is CC1CCN(c2cc(-c3noc(C(=O)NC4CCCC4)n3)ccn2)CC1. The molecule has 0 atom stereocenters. The maximum atomic E-state index is 12.3. The summed E-state index contributed by atoms with van der Waals surface area (Å²) in [4.78, 5) is 23.3. The van der Waals surface area contributed by atoms with E-state index in [-0.39, 0.29) is 17.8 Å². The Labute approximate surface area is 153 Å². The molecule has 1 amide bonds. The van der Waals surface area contributed by atoms with Crippen LogP contribution >= 0.6 is 0 Å². The maximum absolute atomic E-state index is 12.3. The van der Waals surface area contributed by atoms with Gasteiger partial charge >= 0.3 is 11.8 Å². The molecule has 0 aromatic carbocycles. The fourth-order valence-electron chi connectivity index (χ4n) is 3.72. The molecule has 1 saturated heterocycles. The van der Waals surface area contributed by atoms with Crippen molar-refractivity contribution in [1.29, 1.82) is 0 Å². The van der Waals surface area contributed by atoms with Gasteiger partial charge in [-0.3, -0.25) is 4.79 Å². The molecule has 1 saturated carbocycles. The van der Waals surface area contributed by atoms with Crippen LogP contribution in [0.4, 0.5) is 5.82 Å². The minimum atomic E-state index is -0.282. The van der Waals surface area contributed by atoms with E-state index in [2.05, 4.69) is 32.3 Å². The van der Waals surface area contributed by atoms with Crippen molar-refractivity contribution in [3.63, 3.8) is 0 Å². The highest BCUT2D eigenvalue weighted by Crippen LogP contribution is 2.25. The lowest BCUT2D eigenvalue weighted by atomic mass is 9.99. The van der Waals surface area contributed by atoms with E-state index in [1.165, 1.54) is 12.8 Å². The van der Waals surface area contributed by atoms with Crippen LogP contribution in [0.5, 0.6) is 0 Å². The summed E-state index contributed by atoms with van der Waals surface area (Å²) in [5, 5.41) is 6.96. The lowest BCUT2D eigenvalue weighted by molar-refractivity contribution is 0.0893. The number of nitrogens with one attached hydrogen (secondary N) is 1. The van der Waals surface area contributed by atoms with Crippen molar-refractivity contribution in [1.82, 2.24) is 20.4 Å². The fourth-order valence-corrected chi connectivity index (χ4v) is 3.72. The molecule has 2 fully saturated rings. The second kappa shape index (κ2) is 7.43. The Hall–Kier alpha value is -2.44. The summed E-state index contributed by atoms with van der Waals surface area (Å²) >= 11 is 0. The first-order valence-electron chi connectivity index (χ1n) is 9.55. The van der Waals surface area contributed by atoms with Gasteiger partial charge in [-0.1, -0.05) is 24.9 Å². The van der Waals surface area contributed by atoms with Crippen LogP contribution in [-0.2, 0) is 0 Å². The lowest BCUT2D eigenvalue weighted by Gasteiger charge is -2.31. The van der Waals surface area contributed by atoms with Gasteiger partial charge in [-0.25, -0.2) is 4.98 Å². The smallest absolute Gasteiger partial charge is 0.316 e. The van der Waals surface area contributed by atoms with Crippen LogP contribution in [0.15, 0.2) is 22.9 Å². The third kappa shape index (κ3) is 3.71.